The molecule has 2 aromatic rings. The first kappa shape index (κ1) is 41.6. The maximum atomic E-state index is 13.0. The van der Waals surface area contributed by atoms with E-state index >= 15 is 0 Å². The van der Waals surface area contributed by atoms with Crippen LogP contribution < -0.4 is 9.47 Å². The molecule has 0 heterocycles. The van der Waals surface area contributed by atoms with Gasteiger partial charge in [-0.1, -0.05) is 129 Å². The van der Waals surface area contributed by atoms with E-state index < -0.39 is 11.9 Å². The van der Waals surface area contributed by atoms with Gasteiger partial charge in [0.25, 0.3) is 0 Å². The van der Waals surface area contributed by atoms with Gasteiger partial charge in [0.2, 0.25) is 0 Å². The number of phenolic OH excluding ortho intramolecular Hbond substituents is 1. The van der Waals surface area contributed by atoms with E-state index in [0.29, 0.717) is 24.5 Å². The normalized spacial score (nSPS) is 10.9. The first-order valence-electron chi connectivity index (χ1n) is 19.0. The van der Waals surface area contributed by atoms with Crippen molar-refractivity contribution in [1.29, 1.82) is 0 Å². The fourth-order valence-electron chi connectivity index (χ4n) is 5.57. The van der Waals surface area contributed by atoms with Crippen molar-refractivity contribution in [3.05, 3.63) is 53.6 Å². The van der Waals surface area contributed by atoms with Crippen LogP contribution >= 0.6 is 0 Å². The van der Waals surface area contributed by atoms with Crippen molar-refractivity contribution in [1.82, 2.24) is 0 Å². The molecule has 49 heavy (non-hydrogen) atoms. The van der Waals surface area contributed by atoms with Gasteiger partial charge in [-0.15, -0.1) is 0 Å². The van der Waals surface area contributed by atoms with Gasteiger partial charge in [-0.3, -0.25) is 4.79 Å². The zero-order chi connectivity index (χ0) is 35.4. The van der Waals surface area contributed by atoms with E-state index in [2.05, 4.69) is 13.8 Å². The van der Waals surface area contributed by atoms with Crippen LogP contribution in [-0.2, 0) is 19.1 Å². The first-order chi connectivity index (χ1) is 23.9. The number of hydrogen-bond acceptors (Lipinski definition) is 8. The number of unbranched alkanes of at least 4 members (excludes halogenated alkanes) is 18. The summed E-state index contributed by atoms with van der Waals surface area (Å²) in [7, 11) is 0. The number of esters is 2. The highest BCUT2D eigenvalue weighted by molar-refractivity contribution is 6.10. The zero-order valence-corrected chi connectivity index (χ0v) is 30.3. The molecule has 0 unspecified atom stereocenters. The summed E-state index contributed by atoms with van der Waals surface area (Å²) in [4.78, 5) is 37.1. The van der Waals surface area contributed by atoms with Crippen LogP contribution in [0.4, 0.5) is 0 Å². The van der Waals surface area contributed by atoms with Crippen molar-refractivity contribution < 1.29 is 38.4 Å². The third-order valence-corrected chi connectivity index (χ3v) is 8.57. The number of hydrogen-bond donors (Lipinski definition) is 1. The average molecular weight is 683 g/mol. The molecule has 0 aliphatic rings. The van der Waals surface area contributed by atoms with Gasteiger partial charge >= 0.3 is 11.9 Å². The van der Waals surface area contributed by atoms with Gasteiger partial charge in [0.15, 0.2) is 19.0 Å². The Morgan fingerprint density at radius 1 is 0.510 bits per heavy atom. The lowest BCUT2D eigenvalue weighted by molar-refractivity contribution is -0.147. The molecule has 0 atom stereocenters. The summed E-state index contributed by atoms with van der Waals surface area (Å²) in [5, 5.41) is 10.5. The summed E-state index contributed by atoms with van der Waals surface area (Å²) in [6.07, 6.45) is 24.3. The summed E-state index contributed by atoms with van der Waals surface area (Å²) in [5.74, 6) is -0.853. The third kappa shape index (κ3) is 19.9. The molecule has 0 aromatic heterocycles. The van der Waals surface area contributed by atoms with E-state index in [1.807, 2.05) is 0 Å². The van der Waals surface area contributed by atoms with Crippen molar-refractivity contribution in [3.63, 3.8) is 0 Å². The van der Waals surface area contributed by atoms with Crippen molar-refractivity contribution >= 4 is 17.7 Å². The van der Waals surface area contributed by atoms with Gasteiger partial charge < -0.3 is 24.1 Å². The molecule has 0 spiro atoms. The molecule has 0 fully saturated rings. The molecule has 2 rings (SSSR count). The van der Waals surface area contributed by atoms with Gasteiger partial charge in [0.05, 0.1) is 18.8 Å². The fraction of sp³-hybridized carbons (Fsp3) is 0.634. The number of rotatable bonds is 30. The quantitative estimate of drug-likeness (QED) is 0.0493. The minimum Gasteiger partial charge on any atom is -0.507 e. The topological polar surface area (TPSA) is 108 Å². The van der Waals surface area contributed by atoms with Crippen LogP contribution in [0.25, 0.3) is 0 Å². The van der Waals surface area contributed by atoms with Gasteiger partial charge in [-0.05, 0) is 49.2 Å². The molecule has 0 saturated carbocycles. The lowest BCUT2D eigenvalue weighted by atomic mass is 10.0. The molecule has 0 bridgehead atoms. The monoisotopic (exact) mass is 682 g/mol. The van der Waals surface area contributed by atoms with Crippen molar-refractivity contribution in [3.8, 4) is 17.2 Å². The Morgan fingerprint density at radius 2 is 0.898 bits per heavy atom. The molecular weight excluding hydrogens is 620 g/mol. The smallest absolute Gasteiger partial charge is 0.344 e. The van der Waals surface area contributed by atoms with Gasteiger partial charge in [-0.2, -0.15) is 0 Å². The third-order valence-electron chi connectivity index (χ3n) is 8.57. The van der Waals surface area contributed by atoms with Crippen LogP contribution in [-0.4, -0.2) is 49.3 Å². The second kappa shape index (κ2) is 27.3. The molecule has 1 N–H and O–H groups in total. The average Bonchev–Trinajstić information content (AvgIpc) is 3.11. The second-order valence-corrected chi connectivity index (χ2v) is 12.9. The summed E-state index contributed by atoms with van der Waals surface area (Å²) >= 11 is 0. The molecule has 0 aliphatic heterocycles. The van der Waals surface area contributed by atoms with E-state index in [-0.39, 0.29) is 36.1 Å². The maximum Gasteiger partial charge on any atom is 0.344 e. The summed E-state index contributed by atoms with van der Waals surface area (Å²) < 4.78 is 21.5. The summed E-state index contributed by atoms with van der Waals surface area (Å²) in [6, 6.07) is 10.6. The molecule has 0 amide bonds. The number of carbonyl (C=O) groups is 3. The van der Waals surface area contributed by atoms with Crippen LogP contribution in [0.3, 0.4) is 0 Å². The number of benzene rings is 2. The van der Waals surface area contributed by atoms with Crippen LogP contribution in [0.15, 0.2) is 42.5 Å². The maximum absolute atomic E-state index is 13.0. The second-order valence-electron chi connectivity index (χ2n) is 12.9. The van der Waals surface area contributed by atoms with Gasteiger partial charge in [0.1, 0.15) is 17.2 Å². The van der Waals surface area contributed by atoms with E-state index in [4.69, 9.17) is 18.9 Å². The Bertz CT molecular complexity index is 1180. The number of phenols is 1. The van der Waals surface area contributed by atoms with Crippen molar-refractivity contribution in [2.45, 2.75) is 142 Å². The molecular formula is C41H62O8. The Balaban J connectivity index is 1.59. The predicted molar refractivity (Wildman–Crippen MR) is 195 cm³/mol. The predicted octanol–water partition coefficient (Wildman–Crippen LogP) is 10.3. The number of carbonyl (C=O) groups excluding carboxylic acids is 3. The van der Waals surface area contributed by atoms with Gasteiger partial charge in [-0.25, -0.2) is 9.59 Å². The van der Waals surface area contributed by atoms with E-state index in [0.717, 1.165) is 32.1 Å². The van der Waals surface area contributed by atoms with Gasteiger partial charge in [0, 0.05) is 11.6 Å². The Kier molecular flexibility index (Phi) is 23.2. The Labute approximate surface area is 295 Å². The zero-order valence-electron chi connectivity index (χ0n) is 30.3. The summed E-state index contributed by atoms with van der Waals surface area (Å²) in [6.45, 7) is 4.73. The summed E-state index contributed by atoms with van der Waals surface area (Å²) in [5.41, 5.74) is 0.440. The highest BCUT2D eigenvalue weighted by Gasteiger charge is 2.16. The largest absolute Gasteiger partial charge is 0.507 e. The van der Waals surface area contributed by atoms with Crippen LogP contribution in [0, 0.1) is 0 Å². The Hall–Kier alpha value is -3.55. The lowest BCUT2D eigenvalue weighted by Crippen LogP contribution is -2.15. The highest BCUT2D eigenvalue weighted by atomic mass is 16.6. The highest BCUT2D eigenvalue weighted by Crippen LogP contribution is 2.27. The fourth-order valence-corrected chi connectivity index (χ4v) is 5.57. The minimum absolute atomic E-state index is 0.0973. The number of ether oxygens (including phenoxy) is 4. The number of aromatic hydroxyl groups is 1. The number of ketones is 1. The molecule has 0 saturated heterocycles. The van der Waals surface area contributed by atoms with E-state index in [1.165, 1.54) is 115 Å². The minimum atomic E-state index is -0.472. The van der Waals surface area contributed by atoms with Crippen molar-refractivity contribution in [2.24, 2.45) is 0 Å². The SMILES string of the molecule is CCCCCCCCCCCCOC(=O)COc1ccc(C(=O)c2ccc(OCC(=O)OCCCCCCCCCCCC)cc2O)cc1. The van der Waals surface area contributed by atoms with Crippen molar-refractivity contribution in [2.75, 3.05) is 26.4 Å². The molecule has 8 heteroatoms. The van der Waals surface area contributed by atoms with E-state index in [9.17, 15) is 19.5 Å². The molecule has 2 aromatic carbocycles. The van der Waals surface area contributed by atoms with Crippen LogP contribution in [0.2, 0.25) is 0 Å². The Morgan fingerprint density at radius 3 is 1.33 bits per heavy atom. The standard InChI is InChI=1S/C41H62O8/c1-3-5-7-9-11-13-15-17-19-21-29-46-39(43)32-48-35-25-23-34(24-26-35)41(45)37-28-27-36(31-38(37)42)49-33-40(44)47-30-22-20-18-16-14-12-10-8-6-4-2/h23-28,31,42H,3-22,29-30,32-33H2,1-2H3. The van der Waals surface area contributed by atoms with Crippen LogP contribution in [0.5, 0.6) is 17.2 Å². The molecule has 8 nitrogen and oxygen atoms in total. The molecule has 0 aliphatic carbocycles. The molecule has 0 radical (unpaired) electrons. The van der Waals surface area contributed by atoms with E-state index in [1.54, 1.807) is 24.3 Å². The lowest BCUT2D eigenvalue weighted by Gasteiger charge is -2.10. The molecule has 274 valence electrons. The van der Waals surface area contributed by atoms with Crippen LogP contribution in [0.1, 0.15) is 158 Å². The first-order valence-corrected chi connectivity index (χ1v) is 19.0.